The Labute approximate surface area is 152 Å². The molecule has 0 aliphatic heterocycles. The number of carbonyl (C=O) groups excluding carboxylic acids is 1. The molecule has 140 valence electrons. The van der Waals surface area contributed by atoms with Crippen LogP contribution in [0.1, 0.15) is 12.0 Å². The minimum atomic E-state index is -4.38. The van der Waals surface area contributed by atoms with Crippen molar-refractivity contribution >= 4 is 17.7 Å². The molecule has 0 aromatic heterocycles. The lowest BCUT2D eigenvalue weighted by molar-refractivity contribution is -0.153. The fourth-order valence-electron chi connectivity index (χ4n) is 1.95. The first-order chi connectivity index (χ1) is 12.3. The van der Waals surface area contributed by atoms with Crippen LogP contribution in [0.15, 0.2) is 53.4 Å². The molecule has 0 saturated carbocycles. The molecule has 0 fully saturated rings. The fraction of sp³-hybridized carbons (Fsp3) is 0.278. The molecule has 1 N–H and O–H groups in total. The van der Waals surface area contributed by atoms with Gasteiger partial charge >= 0.3 is 6.18 Å². The topological polar surface area (TPSA) is 38.3 Å². The van der Waals surface area contributed by atoms with E-state index in [2.05, 4.69) is 10.1 Å². The predicted octanol–water partition coefficient (Wildman–Crippen LogP) is 4.57. The monoisotopic (exact) mass is 387 g/mol. The van der Waals surface area contributed by atoms with E-state index in [0.717, 1.165) is 10.5 Å². The molecule has 0 radical (unpaired) electrons. The number of carbonyl (C=O) groups is 1. The highest BCUT2D eigenvalue weighted by molar-refractivity contribution is 7.99. The number of thioether (sulfide) groups is 1. The summed E-state index contributed by atoms with van der Waals surface area (Å²) in [5.74, 6) is 0.230. The number of rotatable bonds is 8. The first-order valence-electron chi connectivity index (χ1n) is 7.75. The van der Waals surface area contributed by atoms with Gasteiger partial charge in [-0.2, -0.15) is 13.2 Å². The Morgan fingerprint density at radius 2 is 1.69 bits per heavy atom. The standard InChI is InChI=1S/C18H17F4NO2S/c19-14-3-7-16(8-4-14)26-10-9-17(24)23-11-13-1-5-15(6-2-13)25-12-18(20,21)22/h1-8H,9-12H2,(H,23,24). The van der Waals surface area contributed by atoms with Gasteiger partial charge in [0.05, 0.1) is 0 Å². The number of ether oxygens (including phenoxy) is 1. The maximum atomic E-state index is 12.8. The van der Waals surface area contributed by atoms with E-state index in [1.165, 1.54) is 36.0 Å². The van der Waals surface area contributed by atoms with Gasteiger partial charge in [-0.15, -0.1) is 11.8 Å². The van der Waals surface area contributed by atoms with Crippen LogP contribution in [0.3, 0.4) is 0 Å². The van der Waals surface area contributed by atoms with Crippen LogP contribution in [-0.4, -0.2) is 24.4 Å². The van der Waals surface area contributed by atoms with Crippen molar-refractivity contribution in [3.8, 4) is 5.75 Å². The number of hydrogen-bond acceptors (Lipinski definition) is 3. The summed E-state index contributed by atoms with van der Waals surface area (Å²) < 4.78 is 53.6. The molecule has 0 heterocycles. The van der Waals surface area contributed by atoms with Gasteiger partial charge in [-0.05, 0) is 42.0 Å². The smallest absolute Gasteiger partial charge is 0.422 e. The summed E-state index contributed by atoms with van der Waals surface area (Å²) in [6.07, 6.45) is -4.08. The number of halogens is 4. The van der Waals surface area contributed by atoms with Gasteiger partial charge in [0.25, 0.3) is 0 Å². The van der Waals surface area contributed by atoms with Crippen molar-refractivity contribution in [2.45, 2.75) is 24.0 Å². The van der Waals surface area contributed by atoms with E-state index < -0.39 is 12.8 Å². The van der Waals surface area contributed by atoms with E-state index in [0.29, 0.717) is 12.2 Å². The number of nitrogens with one attached hydrogen (secondary N) is 1. The maximum absolute atomic E-state index is 12.8. The van der Waals surface area contributed by atoms with E-state index in [-0.39, 0.29) is 24.0 Å². The Balaban J connectivity index is 1.67. The second kappa shape index (κ2) is 9.47. The van der Waals surface area contributed by atoms with Gasteiger partial charge in [0, 0.05) is 23.6 Å². The van der Waals surface area contributed by atoms with E-state index in [4.69, 9.17) is 0 Å². The first kappa shape index (κ1) is 20.1. The molecule has 0 aliphatic rings. The van der Waals surface area contributed by atoms with Gasteiger partial charge in [0.15, 0.2) is 6.61 Å². The van der Waals surface area contributed by atoms with Gasteiger partial charge in [0.1, 0.15) is 11.6 Å². The zero-order chi connectivity index (χ0) is 19.0. The highest BCUT2D eigenvalue weighted by atomic mass is 32.2. The lowest BCUT2D eigenvalue weighted by Gasteiger charge is -2.10. The highest BCUT2D eigenvalue weighted by Gasteiger charge is 2.28. The molecule has 1 amide bonds. The first-order valence-corrected chi connectivity index (χ1v) is 8.74. The molecule has 0 unspecified atom stereocenters. The normalized spacial score (nSPS) is 11.2. The number of alkyl halides is 3. The van der Waals surface area contributed by atoms with E-state index in [1.54, 1.807) is 24.3 Å². The zero-order valence-corrected chi connectivity index (χ0v) is 14.5. The van der Waals surface area contributed by atoms with Gasteiger partial charge in [-0.1, -0.05) is 12.1 Å². The van der Waals surface area contributed by atoms with Gasteiger partial charge in [-0.25, -0.2) is 4.39 Å². The van der Waals surface area contributed by atoms with E-state index in [9.17, 15) is 22.4 Å². The van der Waals surface area contributed by atoms with Crippen LogP contribution in [-0.2, 0) is 11.3 Å². The Bertz CT molecular complexity index is 703. The van der Waals surface area contributed by atoms with Crippen molar-refractivity contribution in [1.82, 2.24) is 5.32 Å². The molecule has 3 nitrogen and oxygen atoms in total. The average molecular weight is 387 g/mol. The summed E-state index contributed by atoms with van der Waals surface area (Å²) in [4.78, 5) is 12.7. The second-order valence-electron chi connectivity index (χ2n) is 5.38. The van der Waals surface area contributed by atoms with Crippen molar-refractivity contribution in [3.05, 3.63) is 59.9 Å². The number of hydrogen-bond donors (Lipinski definition) is 1. The summed E-state index contributed by atoms with van der Waals surface area (Å²) in [5, 5.41) is 2.74. The Morgan fingerprint density at radius 3 is 2.31 bits per heavy atom. The lowest BCUT2D eigenvalue weighted by atomic mass is 10.2. The largest absolute Gasteiger partial charge is 0.484 e. The summed E-state index contributed by atoms with van der Waals surface area (Å²) in [6.45, 7) is -1.06. The second-order valence-corrected chi connectivity index (χ2v) is 6.55. The van der Waals surface area contributed by atoms with Crippen molar-refractivity contribution in [1.29, 1.82) is 0 Å². The molecule has 2 aromatic carbocycles. The van der Waals surface area contributed by atoms with Crippen LogP contribution < -0.4 is 10.1 Å². The molecule has 2 aromatic rings. The van der Waals surface area contributed by atoms with Crippen LogP contribution in [0.4, 0.5) is 17.6 Å². The predicted molar refractivity (Wildman–Crippen MR) is 91.6 cm³/mol. The molecule has 0 aliphatic carbocycles. The van der Waals surface area contributed by atoms with Crippen LogP contribution in [0.5, 0.6) is 5.75 Å². The Morgan fingerprint density at radius 1 is 1.04 bits per heavy atom. The highest BCUT2D eigenvalue weighted by Crippen LogP contribution is 2.20. The molecule has 8 heteroatoms. The van der Waals surface area contributed by atoms with Crippen molar-refractivity contribution in [3.63, 3.8) is 0 Å². The molecule has 0 bridgehead atoms. The van der Waals surface area contributed by atoms with Crippen LogP contribution >= 0.6 is 11.8 Å². The third-order valence-corrected chi connectivity index (χ3v) is 4.24. The summed E-state index contributed by atoms with van der Waals surface area (Å²) in [5.41, 5.74) is 0.754. The third kappa shape index (κ3) is 7.77. The molecule has 0 saturated heterocycles. The number of benzene rings is 2. The van der Waals surface area contributed by atoms with Crippen LogP contribution in [0, 0.1) is 5.82 Å². The molecular formula is C18H17F4NO2S. The van der Waals surface area contributed by atoms with Crippen molar-refractivity contribution in [2.75, 3.05) is 12.4 Å². The minimum absolute atomic E-state index is 0.119. The molecule has 0 atom stereocenters. The van der Waals surface area contributed by atoms with E-state index in [1.807, 2.05) is 0 Å². The molecule has 2 rings (SSSR count). The van der Waals surface area contributed by atoms with Crippen molar-refractivity contribution in [2.24, 2.45) is 0 Å². The summed E-state index contributed by atoms with van der Waals surface area (Å²) in [6, 6.07) is 12.1. The summed E-state index contributed by atoms with van der Waals surface area (Å²) >= 11 is 1.45. The van der Waals surface area contributed by atoms with E-state index >= 15 is 0 Å². The maximum Gasteiger partial charge on any atom is 0.422 e. The van der Waals surface area contributed by atoms with Gasteiger partial charge in [-0.3, -0.25) is 4.79 Å². The van der Waals surface area contributed by atoms with Crippen LogP contribution in [0.2, 0.25) is 0 Å². The number of amides is 1. The third-order valence-electron chi connectivity index (χ3n) is 3.23. The van der Waals surface area contributed by atoms with Crippen LogP contribution in [0.25, 0.3) is 0 Å². The quantitative estimate of drug-likeness (QED) is 0.533. The van der Waals surface area contributed by atoms with Gasteiger partial charge in [0.2, 0.25) is 5.91 Å². The minimum Gasteiger partial charge on any atom is -0.484 e. The fourth-order valence-corrected chi connectivity index (χ4v) is 2.80. The average Bonchev–Trinajstić information content (AvgIpc) is 2.60. The Kier molecular flexibility index (Phi) is 7.32. The Hall–Kier alpha value is -2.22. The van der Waals surface area contributed by atoms with Crippen molar-refractivity contribution < 1.29 is 27.1 Å². The molecular weight excluding hydrogens is 370 g/mol. The van der Waals surface area contributed by atoms with Gasteiger partial charge < -0.3 is 10.1 Å². The molecule has 0 spiro atoms. The zero-order valence-electron chi connectivity index (χ0n) is 13.7. The SMILES string of the molecule is O=C(CCSc1ccc(F)cc1)NCc1ccc(OCC(F)(F)F)cc1. The molecule has 26 heavy (non-hydrogen) atoms. The summed E-state index contributed by atoms with van der Waals surface area (Å²) in [7, 11) is 0. The lowest BCUT2D eigenvalue weighted by Crippen LogP contribution is -2.23.